The van der Waals surface area contributed by atoms with Gasteiger partial charge in [0.1, 0.15) is 9.97 Å². The number of sulfonamides is 1. The van der Waals surface area contributed by atoms with Gasteiger partial charge in [-0.05, 0) is 55.9 Å². The fraction of sp³-hybridized carbons (Fsp3) is 0.526. The molecule has 1 aliphatic rings. The maximum Gasteiger partial charge on any atom is 0.252 e. The second kappa shape index (κ2) is 9.69. The Morgan fingerprint density at radius 2 is 2.11 bits per heavy atom. The topological polar surface area (TPSA) is 82.9 Å². The molecule has 2 aromatic heterocycles. The van der Waals surface area contributed by atoms with Crippen LogP contribution in [0.15, 0.2) is 44.5 Å². The van der Waals surface area contributed by atoms with Crippen molar-refractivity contribution in [3.05, 3.63) is 41.7 Å². The number of nitrogens with one attached hydrogen (secondary N) is 1. The maximum absolute atomic E-state index is 12.4. The number of hydrogen-bond acceptors (Lipinski definition) is 6. The molecule has 0 bridgehead atoms. The summed E-state index contributed by atoms with van der Waals surface area (Å²) >= 11 is 1.20. The van der Waals surface area contributed by atoms with E-state index in [2.05, 4.69) is 10.2 Å². The molecule has 3 heterocycles. The van der Waals surface area contributed by atoms with Gasteiger partial charge in [-0.3, -0.25) is 9.69 Å². The van der Waals surface area contributed by atoms with E-state index in [4.69, 9.17) is 4.42 Å². The molecule has 7 nitrogen and oxygen atoms in total. The van der Waals surface area contributed by atoms with Crippen LogP contribution >= 0.6 is 11.3 Å². The highest BCUT2D eigenvalue weighted by atomic mass is 32.2. The zero-order chi connectivity index (χ0) is 20.0. The van der Waals surface area contributed by atoms with E-state index in [1.54, 1.807) is 30.8 Å². The Bertz CT molecular complexity index is 829. The Kier molecular flexibility index (Phi) is 7.28. The van der Waals surface area contributed by atoms with Gasteiger partial charge in [0.2, 0.25) is 5.91 Å². The van der Waals surface area contributed by atoms with Gasteiger partial charge in [0.05, 0.1) is 12.3 Å². The Morgan fingerprint density at radius 1 is 1.32 bits per heavy atom. The van der Waals surface area contributed by atoms with E-state index >= 15 is 0 Å². The Balaban J connectivity index is 1.45. The average molecular weight is 426 g/mol. The zero-order valence-corrected chi connectivity index (χ0v) is 17.7. The molecule has 1 amide bonds. The van der Waals surface area contributed by atoms with E-state index in [1.165, 1.54) is 15.6 Å². The first-order valence-electron chi connectivity index (χ1n) is 9.52. The molecule has 1 saturated heterocycles. The largest absolute Gasteiger partial charge is 0.468 e. The minimum atomic E-state index is -3.46. The minimum Gasteiger partial charge on any atom is -0.468 e. The third kappa shape index (κ3) is 5.22. The molecule has 0 radical (unpaired) electrons. The van der Waals surface area contributed by atoms with Gasteiger partial charge >= 0.3 is 0 Å². The van der Waals surface area contributed by atoms with Crippen LogP contribution in [0.25, 0.3) is 0 Å². The molecule has 1 aliphatic heterocycles. The van der Waals surface area contributed by atoms with Gasteiger partial charge in [-0.1, -0.05) is 6.07 Å². The number of rotatable bonds is 10. The lowest BCUT2D eigenvalue weighted by atomic mass is 10.2. The van der Waals surface area contributed by atoms with Gasteiger partial charge < -0.3 is 9.73 Å². The molecule has 28 heavy (non-hydrogen) atoms. The maximum atomic E-state index is 12.4. The highest BCUT2D eigenvalue weighted by molar-refractivity contribution is 7.91. The molecule has 1 N–H and O–H groups in total. The molecule has 2 aromatic rings. The van der Waals surface area contributed by atoms with Crippen LogP contribution in [0.3, 0.4) is 0 Å². The van der Waals surface area contributed by atoms with Crippen LogP contribution in [0.5, 0.6) is 0 Å². The smallest absolute Gasteiger partial charge is 0.252 e. The van der Waals surface area contributed by atoms with E-state index in [0.29, 0.717) is 23.7 Å². The highest BCUT2D eigenvalue weighted by Gasteiger charge is 2.26. The van der Waals surface area contributed by atoms with Crippen LogP contribution in [-0.4, -0.2) is 56.8 Å². The minimum absolute atomic E-state index is 0.0447. The van der Waals surface area contributed by atoms with Gasteiger partial charge in [-0.25, -0.2) is 12.7 Å². The van der Waals surface area contributed by atoms with Crippen LogP contribution < -0.4 is 5.32 Å². The van der Waals surface area contributed by atoms with Crippen molar-refractivity contribution in [3.8, 4) is 0 Å². The van der Waals surface area contributed by atoms with Gasteiger partial charge in [-0.2, -0.15) is 0 Å². The first-order valence-corrected chi connectivity index (χ1v) is 11.8. The monoisotopic (exact) mass is 425 g/mol. The van der Waals surface area contributed by atoms with E-state index in [9.17, 15) is 13.2 Å². The van der Waals surface area contributed by atoms with Gasteiger partial charge in [0.15, 0.2) is 0 Å². The summed E-state index contributed by atoms with van der Waals surface area (Å²) in [5, 5.41) is 4.72. The van der Waals surface area contributed by atoms with Crippen LogP contribution in [0.1, 0.15) is 37.5 Å². The fourth-order valence-electron chi connectivity index (χ4n) is 3.39. The van der Waals surface area contributed by atoms with Crippen molar-refractivity contribution >= 4 is 27.3 Å². The van der Waals surface area contributed by atoms with Crippen molar-refractivity contribution in [2.75, 3.05) is 33.2 Å². The number of amides is 1. The van der Waals surface area contributed by atoms with Crippen LogP contribution in [-0.2, 0) is 14.8 Å². The van der Waals surface area contributed by atoms with Crippen LogP contribution in [0, 0.1) is 0 Å². The standard InChI is InChI=1S/C19H27N3O4S2/c1-21(28(24,25)19-9-6-14-27-19)10-4-8-18(23)20-15-16(17-7-5-13-26-17)22-11-2-3-12-22/h5-7,9,13-14,16H,2-4,8,10-12,15H2,1H3,(H,20,23). The summed E-state index contributed by atoms with van der Waals surface area (Å²) in [5.74, 6) is 0.793. The molecule has 0 saturated carbocycles. The summed E-state index contributed by atoms with van der Waals surface area (Å²) < 4.78 is 32.0. The molecule has 1 unspecified atom stereocenters. The summed E-state index contributed by atoms with van der Waals surface area (Å²) in [4.78, 5) is 14.6. The van der Waals surface area contributed by atoms with Crippen molar-refractivity contribution in [3.63, 3.8) is 0 Å². The van der Waals surface area contributed by atoms with Gasteiger partial charge in [-0.15, -0.1) is 11.3 Å². The van der Waals surface area contributed by atoms with Crippen molar-refractivity contribution in [1.82, 2.24) is 14.5 Å². The molecular weight excluding hydrogens is 398 g/mol. The summed E-state index contributed by atoms with van der Waals surface area (Å²) in [7, 11) is -1.91. The first kappa shape index (κ1) is 21.0. The quantitative estimate of drug-likeness (QED) is 0.633. The number of hydrogen-bond donors (Lipinski definition) is 1. The second-order valence-corrected chi connectivity index (χ2v) is 10.2. The lowest BCUT2D eigenvalue weighted by molar-refractivity contribution is -0.121. The molecule has 1 atom stereocenters. The van der Waals surface area contributed by atoms with Crippen molar-refractivity contribution in [2.24, 2.45) is 0 Å². The summed E-state index contributed by atoms with van der Waals surface area (Å²) in [5.41, 5.74) is 0. The van der Waals surface area contributed by atoms with Crippen LogP contribution in [0.4, 0.5) is 0 Å². The highest BCUT2D eigenvalue weighted by Crippen LogP contribution is 2.25. The van der Waals surface area contributed by atoms with Crippen molar-refractivity contribution < 1.29 is 17.6 Å². The molecule has 0 aromatic carbocycles. The molecule has 3 rings (SSSR count). The number of carbonyl (C=O) groups is 1. The van der Waals surface area contributed by atoms with E-state index in [0.717, 1.165) is 31.7 Å². The van der Waals surface area contributed by atoms with Crippen LogP contribution in [0.2, 0.25) is 0 Å². The van der Waals surface area contributed by atoms with Crippen molar-refractivity contribution in [2.45, 2.75) is 35.9 Å². The lowest BCUT2D eigenvalue weighted by Crippen LogP contribution is -2.37. The van der Waals surface area contributed by atoms with Crippen molar-refractivity contribution in [1.29, 1.82) is 0 Å². The zero-order valence-electron chi connectivity index (χ0n) is 16.0. The molecule has 0 spiro atoms. The number of nitrogens with zero attached hydrogens (tertiary/aromatic N) is 2. The van der Waals surface area contributed by atoms with Gasteiger partial charge in [0, 0.05) is 26.6 Å². The molecular formula is C19H27N3O4S2. The SMILES string of the molecule is CN(CCCC(=O)NCC(c1ccco1)N1CCCC1)S(=O)(=O)c1cccs1. The van der Waals surface area contributed by atoms with E-state index in [-0.39, 0.29) is 18.4 Å². The molecule has 0 aliphatic carbocycles. The second-order valence-electron chi connectivity index (χ2n) is 6.94. The summed E-state index contributed by atoms with van der Waals surface area (Å²) in [6.07, 6.45) is 4.74. The third-order valence-corrected chi connectivity index (χ3v) is 8.21. The number of furan rings is 1. The van der Waals surface area contributed by atoms with Gasteiger partial charge in [0.25, 0.3) is 10.0 Å². The molecule has 9 heteroatoms. The third-order valence-electron chi connectivity index (χ3n) is 4.98. The van der Waals surface area contributed by atoms with E-state index in [1.807, 2.05) is 12.1 Å². The number of likely N-dealkylation sites (tertiary alicyclic amines) is 1. The first-order chi connectivity index (χ1) is 13.5. The number of carbonyl (C=O) groups excluding carboxylic acids is 1. The molecule has 154 valence electrons. The summed E-state index contributed by atoms with van der Waals surface area (Å²) in [6, 6.07) is 7.16. The normalized spacial score (nSPS) is 16.5. The predicted molar refractivity (Wildman–Crippen MR) is 109 cm³/mol. The lowest BCUT2D eigenvalue weighted by Gasteiger charge is -2.26. The predicted octanol–water partition coefficient (Wildman–Crippen LogP) is 2.70. The average Bonchev–Trinajstić information content (AvgIpc) is 3.44. The summed E-state index contributed by atoms with van der Waals surface area (Å²) in [6.45, 7) is 2.82. The van der Waals surface area contributed by atoms with E-state index < -0.39 is 10.0 Å². The Morgan fingerprint density at radius 3 is 2.75 bits per heavy atom. The Labute approximate surface area is 170 Å². The number of thiophene rings is 1. The Hall–Kier alpha value is -1.68. The fourth-order valence-corrected chi connectivity index (χ4v) is 5.80. The molecule has 1 fully saturated rings.